The van der Waals surface area contributed by atoms with Crippen molar-refractivity contribution >= 4 is 27.3 Å². The number of fused-ring (bicyclic) bond motifs is 2. The fraction of sp³-hybridized carbons (Fsp3) is 0.208. The molecule has 0 atom stereocenters. The molecule has 0 radical (unpaired) electrons. The minimum absolute atomic E-state index is 0.126. The van der Waals surface area contributed by atoms with Gasteiger partial charge in [-0.2, -0.15) is 0 Å². The van der Waals surface area contributed by atoms with Gasteiger partial charge < -0.3 is 5.32 Å². The van der Waals surface area contributed by atoms with Gasteiger partial charge >= 0.3 is 0 Å². The number of carbonyl (C=O) groups excluding carboxylic acids is 1. The highest BCUT2D eigenvalue weighted by Gasteiger charge is 2.31. The Morgan fingerprint density at radius 1 is 0.833 bits per heavy atom. The second kappa shape index (κ2) is 7.29. The van der Waals surface area contributed by atoms with Gasteiger partial charge in [-0.3, -0.25) is 9.10 Å². The number of para-hydroxylation sites is 1. The van der Waals surface area contributed by atoms with Crippen LogP contribution in [0.2, 0.25) is 0 Å². The maximum absolute atomic E-state index is 13.3. The highest BCUT2D eigenvalue weighted by Crippen LogP contribution is 2.33. The fourth-order valence-corrected chi connectivity index (χ4v) is 5.89. The number of hydrogen-bond acceptors (Lipinski definition) is 3. The van der Waals surface area contributed by atoms with Crippen molar-refractivity contribution in [2.45, 2.75) is 30.6 Å². The molecule has 1 N–H and O–H groups in total. The number of nitrogens with zero attached hydrogens (tertiary/aromatic N) is 1. The topological polar surface area (TPSA) is 66.5 Å². The standard InChI is InChI=1S/C24H22N2O3S/c27-24(25-21-12-11-17-6-3-7-19(17)15-21)20-8-4-9-22(16-20)30(28,29)26-14-13-18-5-1-2-10-23(18)26/h1-2,4-5,8-12,15-16H,3,6-7,13-14H2,(H,25,27). The average Bonchev–Trinajstić information content (AvgIpc) is 3.40. The number of sulfonamides is 1. The molecule has 1 aliphatic heterocycles. The van der Waals surface area contributed by atoms with E-state index in [2.05, 4.69) is 11.4 Å². The molecule has 1 amide bonds. The molecule has 6 heteroatoms. The fourth-order valence-electron chi connectivity index (χ4n) is 4.34. The normalized spacial score (nSPS) is 15.0. The molecule has 0 saturated carbocycles. The van der Waals surface area contributed by atoms with Crippen molar-refractivity contribution in [2.24, 2.45) is 0 Å². The summed E-state index contributed by atoms with van der Waals surface area (Å²) in [6.45, 7) is 0.410. The van der Waals surface area contributed by atoms with E-state index < -0.39 is 10.0 Å². The van der Waals surface area contributed by atoms with Crippen LogP contribution in [-0.2, 0) is 29.3 Å². The second-order valence-electron chi connectivity index (χ2n) is 7.77. The molecule has 30 heavy (non-hydrogen) atoms. The van der Waals surface area contributed by atoms with Crippen LogP contribution >= 0.6 is 0 Å². The first-order chi connectivity index (χ1) is 14.5. The Labute approximate surface area is 176 Å². The summed E-state index contributed by atoms with van der Waals surface area (Å²) >= 11 is 0. The Bertz CT molecular complexity index is 1250. The van der Waals surface area contributed by atoms with Crippen LogP contribution in [-0.4, -0.2) is 20.9 Å². The van der Waals surface area contributed by atoms with Crippen molar-refractivity contribution in [3.8, 4) is 0 Å². The summed E-state index contributed by atoms with van der Waals surface area (Å²) in [6, 6.07) is 19.8. The second-order valence-corrected chi connectivity index (χ2v) is 9.64. The Hall–Kier alpha value is -3.12. The largest absolute Gasteiger partial charge is 0.322 e. The van der Waals surface area contributed by atoms with Crippen molar-refractivity contribution in [3.05, 3.63) is 89.0 Å². The predicted molar refractivity (Wildman–Crippen MR) is 118 cm³/mol. The number of carbonyl (C=O) groups is 1. The number of benzene rings is 3. The zero-order chi connectivity index (χ0) is 20.7. The van der Waals surface area contributed by atoms with E-state index in [1.165, 1.54) is 21.5 Å². The van der Waals surface area contributed by atoms with Crippen LogP contribution in [0.1, 0.15) is 33.5 Å². The lowest BCUT2D eigenvalue weighted by Gasteiger charge is -2.20. The van der Waals surface area contributed by atoms with Crippen LogP contribution in [0.3, 0.4) is 0 Å². The number of hydrogen-bond donors (Lipinski definition) is 1. The maximum atomic E-state index is 13.3. The Balaban J connectivity index is 1.41. The molecule has 2 aliphatic rings. The minimum Gasteiger partial charge on any atom is -0.322 e. The van der Waals surface area contributed by atoms with Gasteiger partial charge in [0.15, 0.2) is 0 Å². The molecule has 152 valence electrons. The van der Waals surface area contributed by atoms with Crippen molar-refractivity contribution < 1.29 is 13.2 Å². The maximum Gasteiger partial charge on any atom is 0.264 e. The van der Waals surface area contributed by atoms with Crippen LogP contribution in [0.4, 0.5) is 11.4 Å². The number of amides is 1. The van der Waals surface area contributed by atoms with Gasteiger partial charge in [-0.15, -0.1) is 0 Å². The van der Waals surface area contributed by atoms with E-state index in [-0.39, 0.29) is 10.8 Å². The minimum atomic E-state index is -3.74. The number of aryl methyl sites for hydroxylation is 2. The number of anilines is 2. The number of rotatable bonds is 4. The van der Waals surface area contributed by atoms with Crippen LogP contribution in [0, 0.1) is 0 Å². The molecule has 0 aromatic heterocycles. The van der Waals surface area contributed by atoms with Gasteiger partial charge in [0.25, 0.3) is 15.9 Å². The van der Waals surface area contributed by atoms with Crippen molar-refractivity contribution in [1.29, 1.82) is 0 Å². The molecule has 3 aromatic rings. The summed E-state index contributed by atoms with van der Waals surface area (Å²) < 4.78 is 27.9. The Morgan fingerprint density at radius 2 is 1.67 bits per heavy atom. The third-order valence-corrected chi connectivity index (χ3v) is 7.69. The van der Waals surface area contributed by atoms with Gasteiger partial charge in [0.2, 0.25) is 0 Å². The van der Waals surface area contributed by atoms with Gasteiger partial charge in [0.1, 0.15) is 0 Å². The monoisotopic (exact) mass is 418 g/mol. The quantitative estimate of drug-likeness (QED) is 0.691. The molecule has 0 fully saturated rings. The first-order valence-electron chi connectivity index (χ1n) is 10.2. The summed E-state index contributed by atoms with van der Waals surface area (Å²) in [7, 11) is -3.74. The zero-order valence-corrected chi connectivity index (χ0v) is 17.3. The molecule has 0 unspecified atom stereocenters. The smallest absolute Gasteiger partial charge is 0.264 e. The molecular formula is C24H22N2O3S. The molecular weight excluding hydrogens is 396 g/mol. The lowest BCUT2D eigenvalue weighted by atomic mass is 10.1. The summed E-state index contributed by atoms with van der Waals surface area (Å²) in [5.41, 5.74) is 5.41. The first-order valence-corrected chi connectivity index (χ1v) is 11.6. The van der Waals surface area contributed by atoms with E-state index in [4.69, 9.17) is 0 Å². The zero-order valence-electron chi connectivity index (χ0n) is 16.5. The third-order valence-electron chi connectivity index (χ3n) is 5.89. The van der Waals surface area contributed by atoms with Gasteiger partial charge in [-0.25, -0.2) is 8.42 Å². The molecule has 0 saturated heterocycles. The van der Waals surface area contributed by atoms with Crippen molar-refractivity contribution in [2.75, 3.05) is 16.2 Å². The van der Waals surface area contributed by atoms with E-state index in [1.54, 1.807) is 18.2 Å². The van der Waals surface area contributed by atoms with Crippen molar-refractivity contribution in [1.82, 2.24) is 0 Å². The molecule has 1 heterocycles. The van der Waals surface area contributed by atoms with E-state index in [9.17, 15) is 13.2 Å². The van der Waals surface area contributed by atoms with Crippen LogP contribution in [0.5, 0.6) is 0 Å². The molecule has 0 bridgehead atoms. The van der Waals surface area contributed by atoms with E-state index in [0.29, 0.717) is 24.2 Å². The molecule has 1 aliphatic carbocycles. The summed E-state index contributed by atoms with van der Waals surface area (Å²) in [4.78, 5) is 12.9. The predicted octanol–water partition coefficient (Wildman–Crippen LogP) is 4.18. The molecule has 5 rings (SSSR count). The van der Waals surface area contributed by atoms with Crippen LogP contribution < -0.4 is 9.62 Å². The molecule has 5 nitrogen and oxygen atoms in total. The summed E-state index contributed by atoms with van der Waals surface area (Å²) in [6.07, 6.45) is 3.95. The Kier molecular flexibility index (Phi) is 4.59. The van der Waals surface area contributed by atoms with E-state index in [1.807, 2.05) is 36.4 Å². The molecule has 0 spiro atoms. The van der Waals surface area contributed by atoms with Gasteiger partial charge in [0, 0.05) is 17.8 Å². The molecule has 3 aromatic carbocycles. The Morgan fingerprint density at radius 3 is 2.57 bits per heavy atom. The van der Waals surface area contributed by atoms with Gasteiger partial charge in [0.05, 0.1) is 10.6 Å². The lowest BCUT2D eigenvalue weighted by molar-refractivity contribution is 0.102. The van der Waals surface area contributed by atoms with E-state index >= 15 is 0 Å². The highest BCUT2D eigenvalue weighted by molar-refractivity contribution is 7.92. The van der Waals surface area contributed by atoms with E-state index in [0.717, 1.165) is 30.5 Å². The lowest BCUT2D eigenvalue weighted by Crippen LogP contribution is -2.29. The number of nitrogens with one attached hydrogen (secondary N) is 1. The summed E-state index contributed by atoms with van der Waals surface area (Å²) in [5, 5.41) is 2.90. The third kappa shape index (κ3) is 3.27. The first kappa shape index (κ1) is 18.9. The SMILES string of the molecule is O=C(Nc1ccc2c(c1)CCC2)c1cccc(S(=O)(=O)N2CCc3ccccc32)c1. The van der Waals surface area contributed by atoms with Gasteiger partial charge in [-0.05, 0) is 78.8 Å². The van der Waals surface area contributed by atoms with Crippen LogP contribution in [0.15, 0.2) is 71.6 Å². The van der Waals surface area contributed by atoms with Gasteiger partial charge in [-0.1, -0.05) is 30.3 Å². The highest BCUT2D eigenvalue weighted by atomic mass is 32.2. The van der Waals surface area contributed by atoms with Crippen molar-refractivity contribution in [3.63, 3.8) is 0 Å². The summed E-state index contributed by atoms with van der Waals surface area (Å²) in [5.74, 6) is -0.313. The van der Waals surface area contributed by atoms with Crippen LogP contribution in [0.25, 0.3) is 0 Å². The average molecular weight is 419 g/mol.